The van der Waals surface area contributed by atoms with Crippen LogP contribution >= 0.6 is 0 Å². The lowest BCUT2D eigenvalue weighted by Gasteiger charge is -2.14. The minimum atomic E-state index is 0.109. The summed E-state index contributed by atoms with van der Waals surface area (Å²) < 4.78 is 1.83. The monoisotopic (exact) mass is 236 g/mol. The van der Waals surface area contributed by atoms with E-state index in [-0.39, 0.29) is 11.9 Å². The van der Waals surface area contributed by atoms with Gasteiger partial charge in [0.15, 0.2) is 0 Å². The van der Waals surface area contributed by atoms with Crippen LogP contribution in [-0.4, -0.2) is 34.3 Å². The number of aromatic nitrogens is 2. The lowest BCUT2D eigenvalue weighted by molar-refractivity contribution is -0.121. The van der Waals surface area contributed by atoms with Crippen molar-refractivity contribution in [3.63, 3.8) is 0 Å². The van der Waals surface area contributed by atoms with Crippen LogP contribution in [0.4, 0.5) is 0 Å². The third-order valence-electron chi connectivity index (χ3n) is 2.79. The average Bonchev–Trinajstić information content (AvgIpc) is 2.95. The molecule has 1 aliphatic rings. The topological polar surface area (TPSA) is 59.0 Å². The lowest BCUT2D eigenvalue weighted by Crippen LogP contribution is -2.37. The molecule has 1 aromatic rings. The normalized spacial score (nSPS) is 16.8. The minimum Gasteiger partial charge on any atom is -0.352 e. The van der Waals surface area contributed by atoms with Gasteiger partial charge >= 0.3 is 0 Å². The van der Waals surface area contributed by atoms with Crippen molar-refractivity contribution >= 4 is 5.91 Å². The molecule has 5 nitrogen and oxygen atoms in total. The molecule has 1 amide bonds. The first-order chi connectivity index (χ1) is 8.24. The Balaban J connectivity index is 1.59. The van der Waals surface area contributed by atoms with Gasteiger partial charge in [-0.15, -0.1) is 0 Å². The van der Waals surface area contributed by atoms with Crippen molar-refractivity contribution in [1.82, 2.24) is 20.4 Å². The maximum atomic E-state index is 11.6. The summed E-state index contributed by atoms with van der Waals surface area (Å²) in [5, 5.41) is 10.4. The first kappa shape index (κ1) is 12.1. The highest BCUT2D eigenvalue weighted by Crippen LogP contribution is 2.18. The van der Waals surface area contributed by atoms with Crippen LogP contribution in [0.25, 0.3) is 0 Å². The molecule has 0 radical (unpaired) electrons. The largest absolute Gasteiger partial charge is 0.352 e. The Morgan fingerprint density at radius 3 is 3.06 bits per heavy atom. The molecule has 0 aromatic carbocycles. The van der Waals surface area contributed by atoms with Crippen molar-refractivity contribution in [2.45, 2.75) is 44.8 Å². The zero-order chi connectivity index (χ0) is 12.1. The zero-order valence-corrected chi connectivity index (χ0v) is 10.2. The molecule has 0 bridgehead atoms. The van der Waals surface area contributed by atoms with Crippen molar-refractivity contribution in [3.8, 4) is 0 Å². The SMILES string of the molecule is CC(Cn1cccn1)NC(=O)CCNC1CC1. The van der Waals surface area contributed by atoms with Gasteiger partial charge in [0, 0.05) is 37.4 Å². The summed E-state index contributed by atoms with van der Waals surface area (Å²) in [6, 6.07) is 2.67. The Kier molecular flexibility index (Phi) is 4.14. The summed E-state index contributed by atoms with van der Waals surface area (Å²) in [7, 11) is 0. The number of hydrogen-bond acceptors (Lipinski definition) is 3. The number of nitrogens with zero attached hydrogens (tertiary/aromatic N) is 2. The Morgan fingerprint density at radius 1 is 1.59 bits per heavy atom. The van der Waals surface area contributed by atoms with E-state index in [2.05, 4.69) is 15.7 Å². The molecule has 1 aliphatic carbocycles. The van der Waals surface area contributed by atoms with Crippen LogP contribution in [0.5, 0.6) is 0 Å². The van der Waals surface area contributed by atoms with Crippen molar-refractivity contribution in [3.05, 3.63) is 18.5 Å². The summed E-state index contributed by atoms with van der Waals surface area (Å²) in [4.78, 5) is 11.6. The quantitative estimate of drug-likeness (QED) is 0.726. The molecule has 94 valence electrons. The highest BCUT2D eigenvalue weighted by Gasteiger charge is 2.20. The van der Waals surface area contributed by atoms with Gasteiger partial charge in [-0.1, -0.05) is 0 Å². The molecular formula is C12H20N4O. The van der Waals surface area contributed by atoms with Crippen LogP contribution in [-0.2, 0) is 11.3 Å². The fourth-order valence-corrected chi connectivity index (χ4v) is 1.76. The molecule has 1 atom stereocenters. The molecule has 0 saturated heterocycles. The molecule has 5 heteroatoms. The Bertz CT molecular complexity index is 345. The Hall–Kier alpha value is -1.36. The molecule has 1 unspecified atom stereocenters. The Labute approximate surface area is 102 Å². The maximum Gasteiger partial charge on any atom is 0.221 e. The van der Waals surface area contributed by atoms with E-state index in [0.717, 1.165) is 13.1 Å². The second kappa shape index (κ2) is 5.82. The van der Waals surface area contributed by atoms with Gasteiger partial charge in [-0.25, -0.2) is 0 Å². The van der Waals surface area contributed by atoms with Gasteiger partial charge in [-0.3, -0.25) is 9.48 Å². The van der Waals surface area contributed by atoms with Crippen molar-refractivity contribution in [1.29, 1.82) is 0 Å². The van der Waals surface area contributed by atoms with Crippen molar-refractivity contribution < 1.29 is 4.79 Å². The molecule has 17 heavy (non-hydrogen) atoms. The predicted octanol–water partition coefficient (Wildman–Crippen LogP) is 0.530. The number of rotatable bonds is 7. The maximum absolute atomic E-state index is 11.6. The molecule has 1 saturated carbocycles. The van der Waals surface area contributed by atoms with Crippen molar-refractivity contribution in [2.24, 2.45) is 0 Å². The van der Waals surface area contributed by atoms with Gasteiger partial charge in [-0.05, 0) is 25.8 Å². The van der Waals surface area contributed by atoms with Gasteiger partial charge in [0.1, 0.15) is 0 Å². The summed E-state index contributed by atoms with van der Waals surface area (Å²) in [6.07, 6.45) is 6.72. The number of hydrogen-bond donors (Lipinski definition) is 2. The smallest absolute Gasteiger partial charge is 0.221 e. The molecule has 1 fully saturated rings. The van der Waals surface area contributed by atoms with E-state index in [1.165, 1.54) is 12.8 Å². The summed E-state index contributed by atoms with van der Waals surface area (Å²) in [5.41, 5.74) is 0. The van der Waals surface area contributed by atoms with Crippen LogP contribution < -0.4 is 10.6 Å². The van der Waals surface area contributed by atoms with Crippen LogP contribution in [0.2, 0.25) is 0 Å². The molecule has 0 spiro atoms. The molecule has 1 heterocycles. The van der Waals surface area contributed by atoms with E-state index in [9.17, 15) is 4.79 Å². The fourth-order valence-electron chi connectivity index (χ4n) is 1.76. The van der Waals surface area contributed by atoms with Gasteiger partial charge in [0.05, 0.1) is 6.54 Å². The first-order valence-corrected chi connectivity index (χ1v) is 6.24. The van der Waals surface area contributed by atoms with Crippen LogP contribution in [0.15, 0.2) is 18.5 Å². The highest BCUT2D eigenvalue weighted by molar-refractivity contribution is 5.76. The molecule has 2 rings (SSSR count). The molecule has 0 aliphatic heterocycles. The third-order valence-corrected chi connectivity index (χ3v) is 2.79. The number of carbonyl (C=O) groups excluding carboxylic acids is 1. The fraction of sp³-hybridized carbons (Fsp3) is 0.667. The van der Waals surface area contributed by atoms with Gasteiger partial charge in [0.2, 0.25) is 5.91 Å². The van der Waals surface area contributed by atoms with Gasteiger partial charge in [-0.2, -0.15) is 5.10 Å². The second-order valence-corrected chi connectivity index (χ2v) is 4.68. The van der Waals surface area contributed by atoms with E-state index >= 15 is 0 Å². The zero-order valence-electron chi connectivity index (χ0n) is 10.2. The van der Waals surface area contributed by atoms with Crippen LogP contribution in [0.1, 0.15) is 26.2 Å². The van der Waals surface area contributed by atoms with Gasteiger partial charge in [0.25, 0.3) is 0 Å². The number of carbonyl (C=O) groups is 1. The second-order valence-electron chi connectivity index (χ2n) is 4.68. The van der Waals surface area contributed by atoms with Gasteiger partial charge < -0.3 is 10.6 Å². The standard InChI is InChI=1S/C12H20N4O/c1-10(9-16-8-2-6-14-16)15-12(17)5-7-13-11-3-4-11/h2,6,8,10-11,13H,3-5,7,9H2,1H3,(H,15,17). The predicted molar refractivity (Wildman–Crippen MR) is 65.5 cm³/mol. The van der Waals surface area contributed by atoms with Crippen LogP contribution in [0.3, 0.4) is 0 Å². The van der Waals surface area contributed by atoms with E-state index in [1.807, 2.05) is 23.9 Å². The van der Waals surface area contributed by atoms with E-state index < -0.39 is 0 Å². The minimum absolute atomic E-state index is 0.109. The average molecular weight is 236 g/mol. The number of amides is 1. The van der Waals surface area contributed by atoms with E-state index in [1.54, 1.807) is 6.20 Å². The molecule has 1 aromatic heterocycles. The third kappa shape index (κ3) is 4.56. The summed E-state index contributed by atoms with van der Waals surface area (Å²) in [6.45, 7) is 3.49. The summed E-state index contributed by atoms with van der Waals surface area (Å²) >= 11 is 0. The Morgan fingerprint density at radius 2 is 2.41 bits per heavy atom. The van der Waals surface area contributed by atoms with E-state index in [0.29, 0.717) is 12.5 Å². The lowest BCUT2D eigenvalue weighted by atomic mass is 10.3. The molecule has 2 N–H and O–H groups in total. The van der Waals surface area contributed by atoms with E-state index in [4.69, 9.17) is 0 Å². The summed E-state index contributed by atoms with van der Waals surface area (Å²) in [5.74, 6) is 0.109. The van der Waals surface area contributed by atoms with Crippen LogP contribution in [0, 0.1) is 0 Å². The number of nitrogens with one attached hydrogen (secondary N) is 2. The highest BCUT2D eigenvalue weighted by atomic mass is 16.1. The first-order valence-electron chi connectivity index (χ1n) is 6.24. The van der Waals surface area contributed by atoms with Crippen molar-refractivity contribution in [2.75, 3.05) is 6.54 Å². The molecular weight excluding hydrogens is 216 g/mol.